The molecular weight excluding hydrogens is 254 g/mol. The van der Waals surface area contributed by atoms with E-state index in [-0.39, 0.29) is 11.1 Å². The summed E-state index contributed by atoms with van der Waals surface area (Å²) in [5.41, 5.74) is 0.946. The van der Waals surface area contributed by atoms with E-state index >= 15 is 0 Å². The number of fused-ring (bicyclic) bond motifs is 2. The van der Waals surface area contributed by atoms with Crippen molar-refractivity contribution >= 4 is 11.8 Å². The normalized spacial score (nSPS) is 17.8. The van der Waals surface area contributed by atoms with Crippen molar-refractivity contribution in [2.24, 2.45) is 0 Å². The third-order valence-corrected chi connectivity index (χ3v) is 4.22. The Labute approximate surface area is 107 Å². The number of aliphatic hydroxyl groups is 1. The Balaban J connectivity index is 2.25. The predicted octanol–water partition coefficient (Wildman–Crippen LogP) is 3.65. The third kappa shape index (κ3) is 1.72. The van der Waals surface area contributed by atoms with Gasteiger partial charge in [-0.25, -0.2) is 8.78 Å². The number of halogens is 2. The van der Waals surface area contributed by atoms with Gasteiger partial charge in [-0.15, -0.1) is 11.8 Å². The lowest BCUT2D eigenvalue weighted by Gasteiger charge is -2.14. The van der Waals surface area contributed by atoms with Gasteiger partial charge in [-0.05, 0) is 23.8 Å². The van der Waals surface area contributed by atoms with Crippen molar-refractivity contribution in [2.45, 2.75) is 16.8 Å². The van der Waals surface area contributed by atoms with Gasteiger partial charge in [-0.2, -0.15) is 0 Å². The number of rotatable bonds is 0. The molecule has 1 aliphatic rings. The van der Waals surface area contributed by atoms with Crippen LogP contribution in [0, 0.1) is 11.6 Å². The van der Waals surface area contributed by atoms with Crippen LogP contribution in [0.15, 0.2) is 41.3 Å². The molecule has 0 aromatic heterocycles. The summed E-state index contributed by atoms with van der Waals surface area (Å²) in [6, 6.07) is 9.40. The van der Waals surface area contributed by atoms with Crippen molar-refractivity contribution in [2.75, 3.05) is 0 Å². The molecule has 0 amide bonds. The Morgan fingerprint density at radius 1 is 1.06 bits per heavy atom. The quantitative estimate of drug-likeness (QED) is 0.783. The topological polar surface area (TPSA) is 20.2 Å². The van der Waals surface area contributed by atoms with Gasteiger partial charge in [-0.1, -0.05) is 18.2 Å². The Morgan fingerprint density at radius 2 is 1.78 bits per heavy atom. The Morgan fingerprint density at radius 3 is 2.61 bits per heavy atom. The lowest BCUT2D eigenvalue weighted by atomic mass is 9.96. The van der Waals surface area contributed by atoms with E-state index in [9.17, 15) is 13.9 Å². The van der Waals surface area contributed by atoms with Gasteiger partial charge in [0.2, 0.25) is 0 Å². The molecule has 0 bridgehead atoms. The summed E-state index contributed by atoms with van der Waals surface area (Å²) in [4.78, 5) is 0.861. The number of aliphatic hydroxyl groups excluding tert-OH is 1. The lowest BCUT2D eigenvalue weighted by Crippen LogP contribution is -2.06. The smallest absolute Gasteiger partial charge is 0.129 e. The molecule has 18 heavy (non-hydrogen) atoms. The van der Waals surface area contributed by atoms with Crippen molar-refractivity contribution in [3.8, 4) is 0 Å². The van der Waals surface area contributed by atoms with Gasteiger partial charge in [0.1, 0.15) is 17.7 Å². The monoisotopic (exact) mass is 264 g/mol. The molecule has 0 radical (unpaired) electrons. The van der Waals surface area contributed by atoms with E-state index in [4.69, 9.17) is 0 Å². The highest BCUT2D eigenvalue weighted by molar-refractivity contribution is 7.98. The summed E-state index contributed by atoms with van der Waals surface area (Å²) in [5, 5.41) is 10.3. The first-order valence-electron chi connectivity index (χ1n) is 5.55. The van der Waals surface area contributed by atoms with Crippen LogP contribution in [0.2, 0.25) is 0 Å². The molecule has 1 aliphatic heterocycles. The maximum absolute atomic E-state index is 13.8. The van der Waals surface area contributed by atoms with Crippen molar-refractivity contribution in [1.29, 1.82) is 0 Å². The van der Waals surface area contributed by atoms with Crippen molar-refractivity contribution in [3.63, 3.8) is 0 Å². The minimum absolute atomic E-state index is 0.0625. The molecular formula is C14H10F2OS. The zero-order chi connectivity index (χ0) is 12.7. The van der Waals surface area contributed by atoms with Crippen LogP contribution in [0.1, 0.15) is 22.8 Å². The minimum Gasteiger partial charge on any atom is -0.383 e. The molecule has 1 heterocycles. The third-order valence-electron chi connectivity index (χ3n) is 3.11. The van der Waals surface area contributed by atoms with Crippen LogP contribution in [0.25, 0.3) is 0 Å². The first-order valence-corrected chi connectivity index (χ1v) is 6.53. The molecule has 0 saturated heterocycles. The fraction of sp³-hybridized carbons (Fsp3) is 0.143. The van der Waals surface area contributed by atoms with Gasteiger partial charge in [0.05, 0.1) is 0 Å². The lowest BCUT2D eigenvalue weighted by molar-refractivity contribution is 0.211. The first-order chi connectivity index (χ1) is 8.68. The molecule has 1 atom stereocenters. The maximum Gasteiger partial charge on any atom is 0.129 e. The molecule has 0 saturated carbocycles. The second-order valence-electron chi connectivity index (χ2n) is 4.15. The molecule has 1 N–H and O–H groups in total. The van der Waals surface area contributed by atoms with E-state index in [0.717, 1.165) is 17.0 Å². The fourth-order valence-corrected chi connectivity index (χ4v) is 3.31. The number of benzene rings is 2. The highest BCUT2D eigenvalue weighted by Gasteiger charge is 2.26. The first kappa shape index (κ1) is 11.7. The van der Waals surface area contributed by atoms with Crippen LogP contribution < -0.4 is 0 Å². The van der Waals surface area contributed by atoms with E-state index in [1.165, 1.54) is 11.8 Å². The summed E-state index contributed by atoms with van der Waals surface area (Å²) in [6.07, 6.45) is -1.11. The average molecular weight is 264 g/mol. The van der Waals surface area contributed by atoms with Crippen LogP contribution in [0.5, 0.6) is 0 Å². The summed E-state index contributed by atoms with van der Waals surface area (Å²) < 4.78 is 27.6. The molecule has 3 rings (SSSR count). The predicted molar refractivity (Wildman–Crippen MR) is 66.4 cm³/mol. The molecule has 1 unspecified atom stereocenters. The molecule has 0 aliphatic carbocycles. The van der Waals surface area contributed by atoms with Gasteiger partial charge in [0.25, 0.3) is 0 Å². The highest BCUT2D eigenvalue weighted by Crippen LogP contribution is 2.40. The molecule has 4 heteroatoms. The van der Waals surface area contributed by atoms with Crippen LogP contribution in [-0.2, 0) is 5.75 Å². The number of hydrogen-bond acceptors (Lipinski definition) is 2. The van der Waals surface area contributed by atoms with Crippen molar-refractivity contribution in [3.05, 3.63) is 64.7 Å². The maximum atomic E-state index is 13.8. The van der Waals surface area contributed by atoms with Gasteiger partial charge < -0.3 is 5.11 Å². The Kier molecular flexibility index (Phi) is 2.84. The van der Waals surface area contributed by atoms with Crippen LogP contribution in [0.3, 0.4) is 0 Å². The standard InChI is InChI=1S/C14H10F2OS/c15-10-5-6-11(16)13-9(10)7-18-12-4-2-1-3-8(12)14(13)17/h1-6,14,17H,7H2. The molecule has 2 aromatic carbocycles. The molecule has 1 nitrogen and oxygen atoms in total. The van der Waals surface area contributed by atoms with Crippen LogP contribution >= 0.6 is 11.8 Å². The average Bonchev–Trinajstić information content (AvgIpc) is 2.53. The van der Waals surface area contributed by atoms with E-state index in [1.807, 2.05) is 12.1 Å². The zero-order valence-corrected chi connectivity index (χ0v) is 10.2. The zero-order valence-electron chi connectivity index (χ0n) is 9.36. The SMILES string of the molecule is OC1c2ccccc2SCc2c(F)ccc(F)c21. The highest BCUT2D eigenvalue weighted by atomic mass is 32.2. The van der Waals surface area contributed by atoms with E-state index < -0.39 is 17.7 Å². The molecule has 0 spiro atoms. The second-order valence-corrected chi connectivity index (χ2v) is 5.17. The van der Waals surface area contributed by atoms with Crippen LogP contribution in [0.4, 0.5) is 8.78 Å². The second kappa shape index (κ2) is 4.37. The van der Waals surface area contributed by atoms with Crippen molar-refractivity contribution < 1.29 is 13.9 Å². The summed E-state index contributed by atoms with van der Waals surface area (Å²) in [7, 11) is 0. The Bertz CT molecular complexity index is 613. The van der Waals surface area contributed by atoms with Crippen LogP contribution in [-0.4, -0.2) is 5.11 Å². The van der Waals surface area contributed by atoms with E-state index in [0.29, 0.717) is 11.3 Å². The summed E-state index contributed by atoms with van der Waals surface area (Å²) >= 11 is 1.41. The minimum atomic E-state index is -1.11. The van der Waals surface area contributed by atoms with Gasteiger partial charge >= 0.3 is 0 Å². The van der Waals surface area contributed by atoms with Gasteiger partial charge in [-0.3, -0.25) is 0 Å². The fourth-order valence-electron chi connectivity index (χ4n) is 2.20. The van der Waals surface area contributed by atoms with Crippen molar-refractivity contribution in [1.82, 2.24) is 0 Å². The van der Waals surface area contributed by atoms with Gasteiger partial charge in [0.15, 0.2) is 0 Å². The Hall–Kier alpha value is -1.39. The largest absolute Gasteiger partial charge is 0.383 e. The molecule has 0 fully saturated rings. The molecule has 2 aromatic rings. The number of thioether (sulfide) groups is 1. The van der Waals surface area contributed by atoms with E-state index in [2.05, 4.69) is 0 Å². The van der Waals surface area contributed by atoms with E-state index in [1.54, 1.807) is 12.1 Å². The van der Waals surface area contributed by atoms with Gasteiger partial charge in [0, 0.05) is 21.8 Å². The summed E-state index contributed by atoms with van der Waals surface area (Å²) in [5.74, 6) is -0.700. The number of hydrogen-bond donors (Lipinski definition) is 1. The molecule has 92 valence electrons. The summed E-state index contributed by atoms with van der Waals surface area (Å²) in [6.45, 7) is 0.